The van der Waals surface area contributed by atoms with Crippen LogP contribution in [0.3, 0.4) is 0 Å². The average Bonchev–Trinajstić information content (AvgIpc) is 3.26. The molecule has 10 heteroatoms. The molecule has 4 rings (SSSR count). The van der Waals surface area contributed by atoms with Crippen molar-refractivity contribution in [3.63, 3.8) is 0 Å². The third-order valence-electron chi connectivity index (χ3n) is 4.76. The SMILES string of the molecule is CCOc1ccc(C(=O)C2=C(C(=O)OC)Nc3nnnn3[C@H]2c2cccc(O)c2)cc1. The number of hydrogen-bond acceptors (Lipinski definition) is 9. The van der Waals surface area contributed by atoms with E-state index in [1.165, 1.54) is 23.9 Å². The third kappa shape index (κ3) is 3.70. The van der Waals surface area contributed by atoms with Gasteiger partial charge in [0.05, 0.1) is 19.3 Å². The molecule has 2 heterocycles. The van der Waals surface area contributed by atoms with Crippen LogP contribution in [0.2, 0.25) is 0 Å². The van der Waals surface area contributed by atoms with E-state index in [0.717, 1.165) is 0 Å². The van der Waals surface area contributed by atoms with E-state index in [2.05, 4.69) is 20.8 Å². The van der Waals surface area contributed by atoms with Crippen LogP contribution in [0.15, 0.2) is 59.8 Å². The van der Waals surface area contributed by atoms with E-state index in [1.807, 2.05) is 6.92 Å². The van der Waals surface area contributed by atoms with Gasteiger partial charge in [-0.1, -0.05) is 17.2 Å². The summed E-state index contributed by atoms with van der Waals surface area (Å²) < 4.78 is 11.7. The first-order chi connectivity index (χ1) is 15.0. The number of ether oxygens (including phenoxy) is 2. The fraction of sp³-hybridized carbons (Fsp3) is 0.190. The summed E-state index contributed by atoms with van der Waals surface area (Å²) in [5, 5.41) is 24.3. The lowest BCUT2D eigenvalue weighted by Crippen LogP contribution is -2.32. The van der Waals surface area contributed by atoms with Crippen molar-refractivity contribution in [3.05, 3.63) is 70.9 Å². The standard InChI is InChI=1S/C21H19N5O5/c1-3-31-15-9-7-12(8-10-15)19(28)16-17(20(29)30-2)22-21-23-24-25-26(21)18(16)13-5-4-6-14(27)11-13/h4-11,18,27H,3H2,1-2H3,(H,22,23,25)/t18-/m0/s1. The van der Waals surface area contributed by atoms with Crippen LogP contribution in [0, 0.1) is 0 Å². The van der Waals surface area contributed by atoms with Crippen LogP contribution in [0.1, 0.15) is 28.9 Å². The summed E-state index contributed by atoms with van der Waals surface area (Å²) in [6, 6.07) is 12.1. The molecule has 0 spiro atoms. The van der Waals surface area contributed by atoms with Gasteiger partial charge >= 0.3 is 5.97 Å². The average molecular weight is 421 g/mol. The van der Waals surface area contributed by atoms with Crippen molar-refractivity contribution in [2.24, 2.45) is 0 Å². The second-order valence-corrected chi connectivity index (χ2v) is 6.64. The van der Waals surface area contributed by atoms with E-state index >= 15 is 0 Å². The number of phenolic OH excluding ortho intramolecular Hbond substituents is 1. The molecule has 0 aliphatic carbocycles. The van der Waals surface area contributed by atoms with Gasteiger partial charge in [0.1, 0.15) is 23.2 Å². The van der Waals surface area contributed by atoms with Gasteiger partial charge in [0.2, 0.25) is 5.95 Å². The Kier molecular flexibility index (Phi) is 5.35. The van der Waals surface area contributed by atoms with Crippen molar-refractivity contribution in [3.8, 4) is 11.5 Å². The van der Waals surface area contributed by atoms with Crippen LogP contribution >= 0.6 is 0 Å². The number of rotatable bonds is 6. The second-order valence-electron chi connectivity index (χ2n) is 6.64. The predicted octanol–water partition coefficient (Wildman–Crippen LogP) is 2.10. The topological polar surface area (TPSA) is 128 Å². The number of nitrogens with one attached hydrogen (secondary N) is 1. The fourth-order valence-corrected chi connectivity index (χ4v) is 3.42. The molecule has 0 bridgehead atoms. The highest BCUT2D eigenvalue weighted by molar-refractivity contribution is 6.15. The molecule has 0 amide bonds. The van der Waals surface area contributed by atoms with E-state index in [9.17, 15) is 14.7 Å². The number of aromatic hydroxyl groups is 1. The Balaban J connectivity index is 1.89. The molecule has 3 aromatic rings. The predicted molar refractivity (Wildman–Crippen MR) is 109 cm³/mol. The number of carbonyl (C=O) groups is 2. The van der Waals surface area contributed by atoms with E-state index in [1.54, 1.807) is 36.4 Å². The van der Waals surface area contributed by atoms with Crippen molar-refractivity contribution in [2.45, 2.75) is 13.0 Å². The van der Waals surface area contributed by atoms with Crippen LogP contribution in [0.25, 0.3) is 0 Å². The van der Waals surface area contributed by atoms with Crippen LogP contribution in [0.5, 0.6) is 11.5 Å². The first kappa shape index (κ1) is 20.1. The lowest BCUT2D eigenvalue weighted by molar-refractivity contribution is -0.136. The quantitative estimate of drug-likeness (QED) is 0.454. The lowest BCUT2D eigenvalue weighted by atomic mass is 9.89. The maximum Gasteiger partial charge on any atom is 0.355 e. The molecule has 2 N–H and O–H groups in total. The number of phenols is 1. The van der Waals surface area contributed by atoms with Gasteiger partial charge in [0.15, 0.2) is 5.78 Å². The van der Waals surface area contributed by atoms with E-state index in [4.69, 9.17) is 9.47 Å². The lowest BCUT2D eigenvalue weighted by Gasteiger charge is -2.28. The number of methoxy groups -OCH3 is 1. The number of nitrogens with zero attached hydrogens (tertiary/aromatic N) is 4. The van der Waals surface area contributed by atoms with Crippen molar-refractivity contribution in [2.75, 3.05) is 19.0 Å². The van der Waals surface area contributed by atoms with Crippen LogP contribution < -0.4 is 10.1 Å². The van der Waals surface area contributed by atoms with Crippen LogP contribution in [-0.4, -0.2) is 50.8 Å². The van der Waals surface area contributed by atoms with Crippen LogP contribution in [0.4, 0.5) is 5.95 Å². The molecular weight excluding hydrogens is 402 g/mol. The summed E-state index contributed by atoms with van der Waals surface area (Å²) >= 11 is 0. The van der Waals surface area contributed by atoms with E-state index < -0.39 is 17.8 Å². The van der Waals surface area contributed by atoms with Gasteiger partial charge in [0.25, 0.3) is 0 Å². The van der Waals surface area contributed by atoms with Gasteiger partial charge in [-0.15, -0.1) is 0 Å². The number of fused-ring (bicyclic) bond motifs is 1. The summed E-state index contributed by atoms with van der Waals surface area (Å²) in [6.07, 6.45) is 0. The summed E-state index contributed by atoms with van der Waals surface area (Å²) in [7, 11) is 1.22. The molecule has 0 fully saturated rings. The van der Waals surface area contributed by atoms with Gasteiger partial charge in [-0.2, -0.15) is 4.68 Å². The van der Waals surface area contributed by atoms with Crippen molar-refractivity contribution in [1.82, 2.24) is 20.2 Å². The number of Topliss-reactive ketones (excluding diaryl/α,β-unsaturated/α-hetero) is 1. The highest BCUT2D eigenvalue weighted by Crippen LogP contribution is 2.37. The Bertz CT molecular complexity index is 1170. The van der Waals surface area contributed by atoms with Crippen molar-refractivity contribution < 1.29 is 24.2 Å². The zero-order valence-electron chi connectivity index (χ0n) is 16.8. The zero-order valence-corrected chi connectivity index (χ0v) is 16.8. The van der Waals surface area contributed by atoms with Gasteiger partial charge in [-0.05, 0) is 59.3 Å². The fourth-order valence-electron chi connectivity index (χ4n) is 3.42. The highest BCUT2D eigenvalue weighted by Gasteiger charge is 2.38. The molecule has 0 radical (unpaired) electrons. The molecule has 1 aromatic heterocycles. The molecule has 2 aromatic carbocycles. The molecule has 31 heavy (non-hydrogen) atoms. The molecule has 1 atom stereocenters. The van der Waals surface area contributed by atoms with Gasteiger partial charge < -0.3 is 19.9 Å². The van der Waals surface area contributed by atoms with Crippen molar-refractivity contribution in [1.29, 1.82) is 0 Å². The zero-order chi connectivity index (χ0) is 22.0. The Morgan fingerprint density at radius 2 is 1.97 bits per heavy atom. The highest BCUT2D eigenvalue weighted by atomic mass is 16.5. The third-order valence-corrected chi connectivity index (χ3v) is 4.76. The van der Waals surface area contributed by atoms with Gasteiger partial charge in [-0.25, -0.2) is 4.79 Å². The minimum atomic E-state index is -0.869. The number of carbonyl (C=O) groups excluding carboxylic acids is 2. The Morgan fingerprint density at radius 3 is 2.65 bits per heavy atom. The molecular formula is C21H19N5O5. The first-order valence-electron chi connectivity index (χ1n) is 9.47. The number of allylic oxidation sites excluding steroid dienone is 1. The number of tetrazole rings is 1. The minimum absolute atomic E-state index is 0.00172. The molecule has 0 saturated carbocycles. The molecule has 158 valence electrons. The molecule has 1 aliphatic heterocycles. The van der Waals surface area contributed by atoms with E-state index in [0.29, 0.717) is 23.5 Å². The first-order valence-corrected chi connectivity index (χ1v) is 9.47. The Hall–Kier alpha value is -4.21. The Morgan fingerprint density at radius 1 is 1.19 bits per heavy atom. The van der Waals surface area contributed by atoms with Crippen LogP contribution in [-0.2, 0) is 9.53 Å². The number of benzene rings is 2. The summed E-state index contributed by atoms with van der Waals surface area (Å²) in [5.74, 6) is -0.385. The number of aromatic nitrogens is 4. The van der Waals surface area contributed by atoms with E-state index in [-0.39, 0.29) is 23.0 Å². The largest absolute Gasteiger partial charge is 0.508 e. The summed E-state index contributed by atoms with van der Waals surface area (Å²) in [4.78, 5) is 26.2. The second kappa shape index (κ2) is 8.27. The number of anilines is 1. The molecule has 10 nitrogen and oxygen atoms in total. The molecule has 1 aliphatic rings. The summed E-state index contributed by atoms with van der Waals surface area (Å²) in [5.41, 5.74) is 0.868. The Labute approximate surface area is 177 Å². The smallest absolute Gasteiger partial charge is 0.355 e. The molecule has 0 unspecified atom stereocenters. The van der Waals surface area contributed by atoms with Crippen molar-refractivity contribution >= 4 is 17.7 Å². The monoisotopic (exact) mass is 421 g/mol. The normalized spacial score (nSPS) is 15.1. The maximum absolute atomic E-state index is 13.6. The van der Waals surface area contributed by atoms with Gasteiger partial charge in [-0.3, -0.25) is 4.79 Å². The number of hydrogen-bond donors (Lipinski definition) is 2. The summed E-state index contributed by atoms with van der Waals surface area (Å²) in [6.45, 7) is 2.36. The van der Waals surface area contributed by atoms with Gasteiger partial charge in [0, 0.05) is 5.56 Å². The number of esters is 1. The number of ketones is 1. The molecule has 0 saturated heterocycles. The minimum Gasteiger partial charge on any atom is -0.508 e. The maximum atomic E-state index is 13.6.